The third kappa shape index (κ3) is 3.57. The summed E-state index contributed by atoms with van der Waals surface area (Å²) in [6.45, 7) is 3.04. The smallest absolute Gasteiger partial charge is 0.303 e. The number of aliphatic carboxylic acids is 1. The lowest BCUT2D eigenvalue weighted by molar-refractivity contribution is -0.137. The molecule has 0 aliphatic carbocycles. The van der Waals surface area contributed by atoms with Crippen LogP contribution >= 0.6 is 0 Å². The van der Waals surface area contributed by atoms with Crippen molar-refractivity contribution in [2.45, 2.75) is 32.2 Å². The molecule has 1 aromatic rings. The van der Waals surface area contributed by atoms with Crippen molar-refractivity contribution in [2.24, 2.45) is 13.0 Å². The van der Waals surface area contributed by atoms with Crippen LogP contribution < -0.4 is 0 Å². The van der Waals surface area contributed by atoms with E-state index in [9.17, 15) is 4.79 Å². The van der Waals surface area contributed by atoms with E-state index in [0.29, 0.717) is 12.3 Å². The average molecular weight is 251 g/mol. The van der Waals surface area contributed by atoms with Crippen LogP contribution in [-0.2, 0) is 18.4 Å². The average Bonchev–Trinajstić information content (AvgIpc) is 2.73. The maximum absolute atomic E-state index is 10.6. The highest BCUT2D eigenvalue weighted by atomic mass is 16.4. The molecule has 0 radical (unpaired) electrons. The number of nitrogens with zero attached hydrogens (tertiary/aromatic N) is 3. The van der Waals surface area contributed by atoms with Crippen molar-refractivity contribution in [3.63, 3.8) is 0 Å². The number of rotatable bonds is 5. The predicted octanol–water partition coefficient (Wildman–Crippen LogP) is 1.50. The highest BCUT2D eigenvalue weighted by molar-refractivity contribution is 5.66. The second-order valence-electron chi connectivity index (χ2n) is 5.17. The fraction of sp³-hybridized carbons (Fsp3) is 0.692. The second-order valence-corrected chi connectivity index (χ2v) is 5.17. The molecule has 1 aromatic heterocycles. The lowest BCUT2D eigenvalue weighted by atomic mass is 9.93. The molecular formula is C13H21N3O2. The summed E-state index contributed by atoms with van der Waals surface area (Å²) in [7, 11) is 2.01. The Morgan fingerprint density at radius 3 is 3.11 bits per heavy atom. The first-order chi connectivity index (χ1) is 8.65. The van der Waals surface area contributed by atoms with E-state index < -0.39 is 5.97 Å². The summed E-state index contributed by atoms with van der Waals surface area (Å²) in [6.07, 6.45) is 7.15. The third-order valence-electron chi connectivity index (χ3n) is 3.67. The van der Waals surface area contributed by atoms with Gasteiger partial charge >= 0.3 is 5.97 Å². The number of carboxylic acids is 1. The number of likely N-dealkylation sites (tertiary alicyclic amines) is 1. The van der Waals surface area contributed by atoms with Gasteiger partial charge in [-0.05, 0) is 31.7 Å². The lowest BCUT2D eigenvalue weighted by Crippen LogP contribution is -2.35. The molecule has 2 rings (SSSR count). The van der Waals surface area contributed by atoms with Crippen LogP contribution in [0.25, 0.3) is 0 Å². The van der Waals surface area contributed by atoms with Crippen LogP contribution in [-0.4, -0.2) is 38.6 Å². The number of aromatic nitrogens is 2. The Kier molecular flexibility index (Phi) is 4.36. The van der Waals surface area contributed by atoms with Gasteiger partial charge in [-0.2, -0.15) is 0 Å². The van der Waals surface area contributed by atoms with Crippen LogP contribution in [0.5, 0.6) is 0 Å². The molecule has 1 aliphatic heterocycles. The SMILES string of the molecule is Cn1cncc1CN1CCC[C@H](CCC(=O)O)C1. The summed E-state index contributed by atoms with van der Waals surface area (Å²) in [6, 6.07) is 0. The maximum Gasteiger partial charge on any atom is 0.303 e. The molecule has 5 nitrogen and oxygen atoms in total. The first kappa shape index (κ1) is 13.1. The van der Waals surface area contributed by atoms with Crippen LogP contribution in [0, 0.1) is 5.92 Å². The van der Waals surface area contributed by atoms with Crippen molar-refractivity contribution < 1.29 is 9.90 Å². The van der Waals surface area contributed by atoms with E-state index in [2.05, 4.69) is 9.88 Å². The van der Waals surface area contributed by atoms with Gasteiger partial charge in [0.2, 0.25) is 0 Å². The van der Waals surface area contributed by atoms with Crippen molar-refractivity contribution in [2.75, 3.05) is 13.1 Å². The highest BCUT2D eigenvalue weighted by Gasteiger charge is 2.21. The molecule has 18 heavy (non-hydrogen) atoms. The van der Waals surface area contributed by atoms with Crippen molar-refractivity contribution in [3.8, 4) is 0 Å². The van der Waals surface area contributed by atoms with E-state index in [4.69, 9.17) is 5.11 Å². The van der Waals surface area contributed by atoms with E-state index >= 15 is 0 Å². The Morgan fingerprint density at radius 2 is 2.44 bits per heavy atom. The zero-order chi connectivity index (χ0) is 13.0. The van der Waals surface area contributed by atoms with Crippen LogP contribution in [0.3, 0.4) is 0 Å². The van der Waals surface area contributed by atoms with Gasteiger partial charge in [0.25, 0.3) is 0 Å². The molecule has 1 fully saturated rings. The Morgan fingerprint density at radius 1 is 1.61 bits per heavy atom. The molecule has 0 saturated carbocycles. The molecule has 1 aliphatic rings. The van der Waals surface area contributed by atoms with Crippen LogP contribution in [0.15, 0.2) is 12.5 Å². The summed E-state index contributed by atoms with van der Waals surface area (Å²) >= 11 is 0. The fourth-order valence-corrected chi connectivity index (χ4v) is 2.62. The number of hydrogen-bond donors (Lipinski definition) is 1. The molecule has 1 saturated heterocycles. The number of carbonyl (C=O) groups is 1. The molecule has 0 bridgehead atoms. The Hall–Kier alpha value is -1.36. The minimum Gasteiger partial charge on any atom is -0.481 e. The van der Waals surface area contributed by atoms with Gasteiger partial charge < -0.3 is 9.67 Å². The van der Waals surface area contributed by atoms with Gasteiger partial charge in [-0.1, -0.05) is 0 Å². The van der Waals surface area contributed by atoms with Crippen LogP contribution in [0.4, 0.5) is 0 Å². The topological polar surface area (TPSA) is 58.4 Å². The molecule has 1 atom stereocenters. The van der Waals surface area contributed by atoms with E-state index in [0.717, 1.165) is 32.5 Å². The van der Waals surface area contributed by atoms with Crippen LogP contribution in [0.2, 0.25) is 0 Å². The summed E-state index contributed by atoms with van der Waals surface area (Å²) in [4.78, 5) is 17.1. The molecular weight excluding hydrogens is 230 g/mol. The molecule has 2 heterocycles. The summed E-state index contributed by atoms with van der Waals surface area (Å²) in [5.41, 5.74) is 1.22. The Balaban J connectivity index is 1.83. The molecule has 0 spiro atoms. The third-order valence-corrected chi connectivity index (χ3v) is 3.67. The van der Waals surface area contributed by atoms with Crippen molar-refractivity contribution in [1.29, 1.82) is 0 Å². The van der Waals surface area contributed by atoms with Crippen molar-refractivity contribution >= 4 is 5.97 Å². The summed E-state index contributed by atoms with van der Waals surface area (Å²) in [5.74, 6) is -0.151. The highest BCUT2D eigenvalue weighted by Crippen LogP contribution is 2.22. The molecule has 0 amide bonds. The van der Waals surface area contributed by atoms with E-state index in [-0.39, 0.29) is 0 Å². The van der Waals surface area contributed by atoms with Crippen molar-refractivity contribution in [1.82, 2.24) is 14.5 Å². The Bertz CT molecular complexity index is 403. The maximum atomic E-state index is 10.6. The first-order valence-corrected chi connectivity index (χ1v) is 6.54. The lowest BCUT2D eigenvalue weighted by Gasteiger charge is -2.32. The monoisotopic (exact) mass is 251 g/mol. The fourth-order valence-electron chi connectivity index (χ4n) is 2.62. The standard InChI is InChI=1S/C13H21N3O2/c1-15-10-14-7-12(15)9-16-6-2-3-11(8-16)4-5-13(17)18/h7,10-11H,2-6,8-9H2,1H3,(H,17,18)/t11-/m1/s1. The van der Waals surface area contributed by atoms with E-state index in [1.54, 1.807) is 0 Å². The minimum atomic E-state index is -0.682. The Labute approximate surface area is 107 Å². The largest absolute Gasteiger partial charge is 0.481 e. The normalized spacial score (nSPS) is 21.1. The van der Waals surface area contributed by atoms with E-state index in [1.807, 2.05) is 24.1 Å². The predicted molar refractivity (Wildman–Crippen MR) is 68.1 cm³/mol. The molecule has 0 aromatic carbocycles. The summed E-state index contributed by atoms with van der Waals surface area (Å²) < 4.78 is 2.04. The van der Waals surface area contributed by atoms with Gasteiger partial charge in [0.15, 0.2) is 0 Å². The number of imidazole rings is 1. The molecule has 100 valence electrons. The minimum absolute atomic E-state index is 0.296. The van der Waals surface area contributed by atoms with Crippen LogP contribution in [0.1, 0.15) is 31.4 Å². The molecule has 0 unspecified atom stereocenters. The first-order valence-electron chi connectivity index (χ1n) is 6.54. The zero-order valence-corrected chi connectivity index (χ0v) is 10.9. The van der Waals surface area contributed by atoms with Gasteiger partial charge in [0.1, 0.15) is 0 Å². The number of carboxylic acid groups (broad SMARTS) is 1. The van der Waals surface area contributed by atoms with Gasteiger partial charge in [0, 0.05) is 32.8 Å². The van der Waals surface area contributed by atoms with Gasteiger partial charge in [-0.25, -0.2) is 4.98 Å². The van der Waals surface area contributed by atoms with Gasteiger partial charge in [-0.15, -0.1) is 0 Å². The molecule has 5 heteroatoms. The number of piperidine rings is 1. The van der Waals surface area contributed by atoms with Crippen molar-refractivity contribution in [3.05, 3.63) is 18.2 Å². The van der Waals surface area contributed by atoms with Gasteiger partial charge in [0.05, 0.1) is 12.0 Å². The molecule has 1 N–H and O–H groups in total. The quantitative estimate of drug-likeness (QED) is 0.861. The zero-order valence-electron chi connectivity index (χ0n) is 10.9. The second kappa shape index (κ2) is 6.00. The van der Waals surface area contributed by atoms with Gasteiger partial charge in [-0.3, -0.25) is 9.69 Å². The number of aryl methyl sites for hydroxylation is 1. The number of hydrogen-bond acceptors (Lipinski definition) is 3. The van der Waals surface area contributed by atoms with E-state index in [1.165, 1.54) is 12.1 Å². The summed E-state index contributed by atoms with van der Waals surface area (Å²) in [5, 5.41) is 8.73.